The van der Waals surface area contributed by atoms with Crippen molar-refractivity contribution in [3.05, 3.63) is 34.6 Å². The maximum absolute atomic E-state index is 6.32. The highest BCUT2D eigenvalue weighted by Crippen LogP contribution is 2.37. The third-order valence-corrected chi connectivity index (χ3v) is 3.13. The van der Waals surface area contributed by atoms with E-state index in [-0.39, 0.29) is 6.10 Å². The van der Waals surface area contributed by atoms with Crippen LogP contribution in [0.4, 0.5) is 5.95 Å². The first kappa shape index (κ1) is 17.1. The van der Waals surface area contributed by atoms with Crippen molar-refractivity contribution >= 4 is 23.8 Å². The molecule has 0 fully saturated rings. The Morgan fingerprint density at radius 1 is 1.43 bits per heavy atom. The summed E-state index contributed by atoms with van der Waals surface area (Å²) in [5.41, 5.74) is 7.34. The highest BCUT2D eigenvalue weighted by Gasteiger charge is 2.13. The fourth-order valence-electron chi connectivity index (χ4n) is 2.00. The number of ether oxygens (including phenoxy) is 2. The number of rotatable bonds is 6. The largest absolute Gasteiger partial charge is 0.490 e. The number of aromatic nitrogens is 2. The summed E-state index contributed by atoms with van der Waals surface area (Å²) in [6.45, 7) is 8.14. The number of nitrogens with two attached hydrogens (primary N) is 1. The van der Waals surface area contributed by atoms with Gasteiger partial charge < -0.3 is 15.2 Å². The average Bonchev–Trinajstić information content (AvgIpc) is 2.78. The number of halogens is 1. The molecule has 0 aliphatic rings. The van der Waals surface area contributed by atoms with Crippen LogP contribution in [0.1, 0.15) is 32.0 Å². The second kappa shape index (κ2) is 7.37. The first-order chi connectivity index (χ1) is 10.9. The molecule has 0 saturated carbocycles. The number of imidazole rings is 1. The Hall–Kier alpha value is -2.21. The number of benzene rings is 1. The molecule has 23 heavy (non-hydrogen) atoms. The minimum absolute atomic E-state index is 0.0000505. The molecule has 2 rings (SSSR count). The summed E-state index contributed by atoms with van der Waals surface area (Å²) >= 11 is 6.32. The minimum atomic E-state index is -0.0000505. The van der Waals surface area contributed by atoms with Gasteiger partial charge in [-0.1, -0.05) is 11.6 Å². The molecule has 0 unspecified atom stereocenters. The Morgan fingerprint density at radius 2 is 2.17 bits per heavy atom. The number of anilines is 1. The van der Waals surface area contributed by atoms with Crippen molar-refractivity contribution in [3.8, 4) is 11.5 Å². The van der Waals surface area contributed by atoms with Gasteiger partial charge in [0.1, 0.15) is 0 Å². The smallest absolute Gasteiger partial charge is 0.221 e. The summed E-state index contributed by atoms with van der Waals surface area (Å²) < 4.78 is 12.9. The van der Waals surface area contributed by atoms with E-state index < -0.39 is 0 Å². The Balaban J connectivity index is 2.34. The molecule has 2 N–H and O–H groups in total. The molecule has 0 aliphatic heterocycles. The Bertz CT molecular complexity index is 710. The second-order valence-corrected chi connectivity index (χ2v) is 5.67. The highest BCUT2D eigenvalue weighted by molar-refractivity contribution is 6.32. The van der Waals surface area contributed by atoms with Crippen LogP contribution >= 0.6 is 11.6 Å². The minimum Gasteiger partial charge on any atom is -0.490 e. The average molecular weight is 337 g/mol. The van der Waals surface area contributed by atoms with Gasteiger partial charge in [0.05, 0.1) is 35.8 Å². The Kier molecular flexibility index (Phi) is 5.50. The van der Waals surface area contributed by atoms with Gasteiger partial charge in [-0.3, -0.25) is 0 Å². The van der Waals surface area contributed by atoms with Crippen LogP contribution in [0, 0.1) is 6.92 Å². The lowest BCUT2D eigenvalue weighted by Gasteiger charge is -2.16. The lowest BCUT2D eigenvalue weighted by atomic mass is 10.2. The molecule has 0 radical (unpaired) electrons. The molecule has 2 aromatic rings. The van der Waals surface area contributed by atoms with E-state index in [1.807, 2.05) is 33.8 Å². The van der Waals surface area contributed by atoms with Gasteiger partial charge in [0.15, 0.2) is 11.5 Å². The summed E-state index contributed by atoms with van der Waals surface area (Å²) in [6, 6.07) is 3.60. The number of aryl methyl sites for hydroxylation is 1. The van der Waals surface area contributed by atoms with Gasteiger partial charge in [-0.05, 0) is 45.4 Å². The molecule has 124 valence electrons. The van der Waals surface area contributed by atoms with E-state index in [4.69, 9.17) is 26.8 Å². The zero-order valence-electron chi connectivity index (χ0n) is 13.7. The number of hydrogen-bond acceptors (Lipinski definition) is 5. The second-order valence-electron chi connectivity index (χ2n) is 5.26. The molecular weight excluding hydrogens is 316 g/mol. The molecule has 0 spiro atoms. The standard InChI is InChI=1S/C16H21ClN4O2/c1-5-22-14-7-12(6-13(17)15(14)23-10(2)3)8-19-21-9-11(4)20-16(21)18/h6-10H,5H2,1-4H3,(H2,18,20). The normalized spacial score (nSPS) is 11.4. The van der Waals surface area contributed by atoms with Crippen LogP contribution in [0.5, 0.6) is 11.5 Å². The molecule has 0 bridgehead atoms. The maximum atomic E-state index is 6.32. The Morgan fingerprint density at radius 3 is 2.74 bits per heavy atom. The van der Waals surface area contributed by atoms with Gasteiger partial charge in [0, 0.05) is 0 Å². The first-order valence-corrected chi connectivity index (χ1v) is 7.77. The highest BCUT2D eigenvalue weighted by atomic mass is 35.5. The maximum Gasteiger partial charge on any atom is 0.221 e. The number of nitrogens with zero attached hydrogens (tertiary/aromatic N) is 3. The lowest BCUT2D eigenvalue weighted by Crippen LogP contribution is -2.08. The van der Waals surface area contributed by atoms with Gasteiger partial charge in [0.25, 0.3) is 0 Å². The van der Waals surface area contributed by atoms with Crippen LogP contribution in [0.2, 0.25) is 5.02 Å². The lowest BCUT2D eigenvalue weighted by molar-refractivity contribution is 0.224. The van der Waals surface area contributed by atoms with Crippen LogP contribution in [0.25, 0.3) is 0 Å². The summed E-state index contributed by atoms with van der Waals surface area (Å²) in [6.07, 6.45) is 3.39. The third-order valence-electron chi connectivity index (χ3n) is 2.85. The molecule has 0 aliphatic carbocycles. The van der Waals surface area contributed by atoms with E-state index in [1.165, 1.54) is 4.68 Å². The molecule has 0 atom stereocenters. The molecule has 6 nitrogen and oxygen atoms in total. The van der Waals surface area contributed by atoms with Crippen LogP contribution < -0.4 is 15.2 Å². The van der Waals surface area contributed by atoms with E-state index in [2.05, 4.69) is 10.1 Å². The van der Waals surface area contributed by atoms with E-state index >= 15 is 0 Å². The number of nitrogen functional groups attached to an aromatic ring is 1. The molecule has 1 heterocycles. The third kappa shape index (κ3) is 4.39. The molecular formula is C16H21ClN4O2. The summed E-state index contributed by atoms with van der Waals surface area (Å²) in [7, 11) is 0. The zero-order valence-corrected chi connectivity index (χ0v) is 14.5. The van der Waals surface area contributed by atoms with E-state index in [0.717, 1.165) is 11.3 Å². The van der Waals surface area contributed by atoms with Gasteiger partial charge >= 0.3 is 0 Å². The Labute approximate surface area is 140 Å². The topological polar surface area (TPSA) is 74.7 Å². The van der Waals surface area contributed by atoms with Crippen molar-refractivity contribution < 1.29 is 9.47 Å². The van der Waals surface area contributed by atoms with Gasteiger partial charge in [0.2, 0.25) is 5.95 Å². The SMILES string of the molecule is CCOc1cc(C=Nn2cc(C)nc2N)cc(Cl)c1OC(C)C. The first-order valence-electron chi connectivity index (χ1n) is 7.39. The molecule has 0 saturated heterocycles. The van der Waals surface area contributed by atoms with Crippen LogP contribution in [-0.4, -0.2) is 28.6 Å². The van der Waals surface area contributed by atoms with Crippen LogP contribution in [0.3, 0.4) is 0 Å². The monoisotopic (exact) mass is 336 g/mol. The van der Waals surface area contributed by atoms with Crippen molar-refractivity contribution in [1.82, 2.24) is 9.66 Å². The predicted molar refractivity (Wildman–Crippen MR) is 92.8 cm³/mol. The van der Waals surface area contributed by atoms with E-state index in [0.29, 0.717) is 29.1 Å². The summed E-state index contributed by atoms with van der Waals surface area (Å²) in [5, 5.41) is 4.75. The van der Waals surface area contributed by atoms with Crippen molar-refractivity contribution in [1.29, 1.82) is 0 Å². The van der Waals surface area contributed by atoms with Crippen LogP contribution in [0.15, 0.2) is 23.4 Å². The summed E-state index contributed by atoms with van der Waals surface area (Å²) in [5.74, 6) is 1.46. The van der Waals surface area contributed by atoms with Gasteiger partial charge in [-0.15, -0.1) is 0 Å². The fourth-order valence-corrected chi connectivity index (χ4v) is 2.26. The van der Waals surface area contributed by atoms with Gasteiger partial charge in [-0.25, -0.2) is 9.66 Å². The van der Waals surface area contributed by atoms with Crippen molar-refractivity contribution in [2.45, 2.75) is 33.8 Å². The van der Waals surface area contributed by atoms with Crippen molar-refractivity contribution in [2.75, 3.05) is 12.3 Å². The van der Waals surface area contributed by atoms with E-state index in [9.17, 15) is 0 Å². The number of hydrogen-bond donors (Lipinski definition) is 1. The summed E-state index contributed by atoms with van der Waals surface area (Å²) in [4.78, 5) is 4.09. The quantitative estimate of drug-likeness (QED) is 0.819. The van der Waals surface area contributed by atoms with Crippen molar-refractivity contribution in [3.63, 3.8) is 0 Å². The molecule has 1 aromatic carbocycles. The molecule has 1 aromatic heterocycles. The zero-order chi connectivity index (χ0) is 17.0. The predicted octanol–water partition coefficient (Wildman–Crippen LogP) is 3.50. The molecule has 0 amide bonds. The molecule has 7 heteroatoms. The van der Waals surface area contributed by atoms with E-state index in [1.54, 1.807) is 18.5 Å². The van der Waals surface area contributed by atoms with Crippen molar-refractivity contribution in [2.24, 2.45) is 5.10 Å². The fraction of sp³-hybridized carbons (Fsp3) is 0.375. The van der Waals surface area contributed by atoms with Gasteiger partial charge in [-0.2, -0.15) is 5.10 Å². The van der Waals surface area contributed by atoms with Crippen LogP contribution in [-0.2, 0) is 0 Å².